The predicted molar refractivity (Wildman–Crippen MR) is 31.4 cm³/mol. The largest absolute Gasteiger partial charge is 0.265 e. The molecule has 0 bridgehead atoms. The molecule has 48 valence electrons. The molecule has 0 aromatic carbocycles. The van der Waals surface area contributed by atoms with Gasteiger partial charge in [0.25, 0.3) is 0 Å². The van der Waals surface area contributed by atoms with E-state index < -0.39 is 14.8 Å². The van der Waals surface area contributed by atoms with Crippen LogP contribution in [0.3, 0.4) is 0 Å². The molecule has 0 spiro atoms. The van der Waals surface area contributed by atoms with Crippen molar-refractivity contribution >= 4 is 14.8 Å². The van der Waals surface area contributed by atoms with Crippen LogP contribution in [-0.2, 0) is 7.67 Å². The topological polar surface area (TPSA) is 47.0 Å². The summed E-state index contributed by atoms with van der Waals surface area (Å²) in [6.07, 6.45) is 3.50. The summed E-state index contributed by atoms with van der Waals surface area (Å²) in [6, 6.07) is 5.72. The van der Waals surface area contributed by atoms with Crippen molar-refractivity contribution in [1.29, 1.82) is 0 Å². The Labute approximate surface area is 58.7 Å². The number of pyridine rings is 1. The molecular formula is C5H5NO2Se. The van der Waals surface area contributed by atoms with E-state index in [0.29, 0.717) is 0 Å². The van der Waals surface area contributed by atoms with E-state index in [4.69, 9.17) is 7.67 Å². The van der Waals surface area contributed by atoms with Gasteiger partial charge in [0.05, 0.1) is 0 Å². The normalized spacial score (nSPS) is 6.67. The zero-order valence-corrected chi connectivity index (χ0v) is 6.27. The van der Waals surface area contributed by atoms with Crippen LogP contribution in [0, 0.1) is 0 Å². The molecule has 0 aliphatic carbocycles. The monoisotopic (exact) mass is 191 g/mol. The van der Waals surface area contributed by atoms with Crippen molar-refractivity contribution in [3.05, 3.63) is 30.6 Å². The summed E-state index contributed by atoms with van der Waals surface area (Å²) in [5.74, 6) is 0. The van der Waals surface area contributed by atoms with E-state index in [-0.39, 0.29) is 0 Å². The zero-order valence-electron chi connectivity index (χ0n) is 4.56. The van der Waals surface area contributed by atoms with E-state index in [1.165, 1.54) is 0 Å². The van der Waals surface area contributed by atoms with Gasteiger partial charge in [0.2, 0.25) is 0 Å². The fourth-order valence-electron chi connectivity index (χ4n) is 0.313. The Hall–Kier alpha value is -0.731. The van der Waals surface area contributed by atoms with Gasteiger partial charge in [-0.05, 0) is 12.1 Å². The van der Waals surface area contributed by atoms with Crippen molar-refractivity contribution < 1.29 is 7.67 Å². The molecule has 4 heteroatoms. The molecule has 0 aliphatic heterocycles. The van der Waals surface area contributed by atoms with Gasteiger partial charge in [-0.15, -0.1) is 0 Å². The van der Waals surface area contributed by atoms with Gasteiger partial charge in [-0.2, -0.15) is 0 Å². The molecule has 0 fully saturated rings. The van der Waals surface area contributed by atoms with Crippen LogP contribution < -0.4 is 0 Å². The SMILES string of the molecule is O=[Se]=O.c1ccncc1. The minimum Gasteiger partial charge on any atom is -0.265 e. The molecule has 3 nitrogen and oxygen atoms in total. The summed E-state index contributed by atoms with van der Waals surface area (Å²) >= 11 is -1.62. The average molecular weight is 190 g/mol. The number of nitrogens with zero attached hydrogens (tertiary/aromatic N) is 1. The second-order valence-electron chi connectivity index (χ2n) is 1.09. The maximum Gasteiger partial charge on any atom is 0.0267 e. The third kappa shape index (κ3) is 7.27. The van der Waals surface area contributed by atoms with Crippen molar-refractivity contribution in [3.8, 4) is 0 Å². The molecule has 0 radical (unpaired) electrons. The fraction of sp³-hybridized carbons (Fsp3) is 0. The first kappa shape index (κ1) is 8.27. The summed E-state index contributed by atoms with van der Waals surface area (Å²) in [4.78, 5) is 3.78. The van der Waals surface area contributed by atoms with Crippen molar-refractivity contribution in [2.24, 2.45) is 0 Å². The molecule has 0 N–H and O–H groups in total. The molecule has 0 unspecified atom stereocenters. The van der Waals surface area contributed by atoms with Crippen LogP contribution in [0.1, 0.15) is 0 Å². The summed E-state index contributed by atoms with van der Waals surface area (Å²) in [7, 11) is 0. The van der Waals surface area contributed by atoms with Crippen molar-refractivity contribution in [3.63, 3.8) is 0 Å². The third-order valence-corrected chi connectivity index (χ3v) is 0.566. The zero-order chi connectivity index (χ0) is 6.95. The summed E-state index contributed by atoms with van der Waals surface area (Å²) in [5, 5.41) is 0. The molecule has 1 heterocycles. The second-order valence-corrected chi connectivity index (χ2v) is 1.38. The molecule has 0 amide bonds. The number of rotatable bonds is 0. The maximum atomic E-state index is 8.44. The molecule has 9 heavy (non-hydrogen) atoms. The summed E-state index contributed by atoms with van der Waals surface area (Å²) < 4.78 is 16.9. The Bertz CT molecular complexity index is 145. The van der Waals surface area contributed by atoms with Crippen LogP contribution in [0.2, 0.25) is 0 Å². The molecular weight excluding hydrogens is 185 g/mol. The van der Waals surface area contributed by atoms with Crippen LogP contribution >= 0.6 is 0 Å². The van der Waals surface area contributed by atoms with Crippen LogP contribution in [-0.4, -0.2) is 19.8 Å². The molecule has 0 saturated heterocycles. The Morgan fingerprint density at radius 1 is 1.00 bits per heavy atom. The maximum absolute atomic E-state index is 8.44. The number of aromatic nitrogens is 1. The van der Waals surface area contributed by atoms with E-state index in [0.717, 1.165) is 0 Å². The molecule has 1 aromatic rings. The quantitative estimate of drug-likeness (QED) is 0.558. The Morgan fingerprint density at radius 2 is 1.44 bits per heavy atom. The van der Waals surface area contributed by atoms with Crippen molar-refractivity contribution in [1.82, 2.24) is 4.98 Å². The average Bonchev–Trinajstić information content (AvgIpc) is 1.93. The van der Waals surface area contributed by atoms with Crippen molar-refractivity contribution in [2.75, 3.05) is 0 Å². The number of hydrogen-bond donors (Lipinski definition) is 0. The molecule has 0 saturated carbocycles. The van der Waals surface area contributed by atoms with Crippen LogP contribution in [0.5, 0.6) is 0 Å². The molecule has 0 atom stereocenters. The van der Waals surface area contributed by atoms with E-state index in [9.17, 15) is 0 Å². The second kappa shape index (κ2) is 7.27. The third-order valence-electron chi connectivity index (χ3n) is 0.566. The minimum absolute atomic E-state index is 1.62. The Kier molecular flexibility index (Phi) is 6.68. The first-order valence-corrected chi connectivity index (χ1v) is 3.58. The Balaban J connectivity index is 0.000000187. The van der Waals surface area contributed by atoms with Crippen LogP contribution in [0.4, 0.5) is 0 Å². The van der Waals surface area contributed by atoms with Gasteiger partial charge >= 0.3 is 22.5 Å². The van der Waals surface area contributed by atoms with E-state index >= 15 is 0 Å². The van der Waals surface area contributed by atoms with E-state index in [1.54, 1.807) is 12.4 Å². The van der Waals surface area contributed by atoms with E-state index in [1.807, 2.05) is 18.2 Å². The van der Waals surface area contributed by atoms with Gasteiger partial charge in [-0.1, -0.05) is 6.07 Å². The standard InChI is InChI=1S/C5H5N.O2Se/c1-2-4-6-5-3-1;1-3-2/h1-5H;. The van der Waals surface area contributed by atoms with Crippen molar-refractivity contribution in [2.45, 2.75) is 0 Å². The van der Waals surface area contributed by atoms with Gasteiger partial charge < -0.3 is 0 Å². The van der Waals surface area contributed by atoms with Gasteiger partial charge in [0.15, 0.2) is 0 Å². The van der Waals surface area contributed by atoms with Crippen LogP contribution in [0.15, 0.2) is 30.6 Å². The Morgan fingerprint density at radius 3 is 1.56 bits per heavy atom. The van der Waals surface area contributed by atoms with Crippen LogP contribution in [0.25, 0.3) is 0 Å². The van der Waals surface area contributed by atoms with E-state index in [2.05, 4.69) is 4.98 Å². The summed E-state index contributed by atoms with van der Waals surface area (Å²) in [6.45, 7) is 0. The fourth-order valence-corrected chi connectivity index (χ4v) is 0.313. The van der Waals surface area contributed by atoms with Gasteiger partial charge in [0, 0.05) is 12.4 Å². The molecule has 1 aromatic heterocycles. The summed E-state index contributed by atoms with van der Waals surface area (Å²) in [5.41, 5.74) is 0. The predicted octanol–water partition coefficient (Wildman–Crippen LogP) is 0.463. The number of hydrogen-bond acceptors (Lipinski definition) is 3. The first-order valence-electron chi connectivity index (χ1n) is 2.18. The van der Waals surface area contributed by atoms with Gasteiger partial charge in [-0.25, -0.2) is 0 Å². The van der Waals surface area contributed by atoms with Gasteiger partial charge in [0.1, 0.15) is 0 Å². The van der Waals surface area contributed by atoms with Gasteiger partial charge in [-0.3, -0.25) is 4.98 Å². The minimum atomic E-state index is -1.62. The molecule has 0 aliphatic rings. The smallest absolute Gasteiger partial charge is 0.0267 e. The first-order chi connectivity index (χ1) is 4.41. The molecule has 1 rings (SSSR count).